The van der Waals surface area contributed by atoms with Gasteiger partial charge in [-0.2, -0.15) is 0 Å². The lowest BCUT2D eigenvalue weighted by Crippen LogP contribution is -2.50. The molecule has 122 valence electrons. The third kappa shape index (κ3) is 2.57. The van der Waals surface area contributed by atoms with E-state index in [4.69, 9.17) is 0 Å². The highest BCUT2D eigenvalue weighted by Crippen LogP contribution is 2.27. The Morgan fingerprint density at radius 1 is 1.30 bits per heavy atom. The number of carboxylic acids is 1. The van der Waals surface area contributed by atoms with Gasteiger partial charge in [0.05, 0.1) is 6.10 Å². The fourth-order valence-electron chi connectivity index (χ4n) is 3.25. The van der Waals surface area contributed by atoms with E-state index in [0.717, 1.165) is 10.5 Å². The van der Waals surface area contributed by atoms with Crippen LogP contribution >= 0.6 is 0 Å². The number of carboxylic acid groups (broad SMARTS) is 1. The Hall–Kier alpha value is -2.41. The average Bonchev–Trinajstić information content (AvgIpc) is 3.07. The van der Waals surface area contributed by atoms with Crippen LogP contribution in [0.15, 0.2) is 24.3 Å². The second kappa shape index (κ2) is 5.66. The maximum atomic E-state index is 12.6. The molecule has 0 spiro atoms. The minimum Gasteiger partial charge on any atom is -0.480 e. The zero-order chi connectivity index (χ0) is 16.7. The molecular weight excluding hydrogens is 300 g/mol. The number of aliphatic hydroxyl groups excluding tert-OH is 1. The molecule has 7 heteroatoms. The zero-order valence-corrected chi connectivity index (χ0v) is 12.7. The normalized spacial score (nSPS) is 24.7. The number of β-amino-alcohol motifs (C(OH)–C–C–N with tert-alkyl or cyclic N) is 1. The van der Waals surface area contributed by atoms with Crippen molar-refractivity contribution in [1.29, 1.82) is 0 Å². The van der Waals surface area contributed by atoms with E-state index < -0.39 is 30.1 Å². The summed E-state index contributed by atoms with van der Waals surface area (Å²) < 4.78 is 0. The van der Waals surface area contributed by atoms with Crippen molar-refractivity contribution in [3.05, 3.63) is 35.4 Å². The summed E-state index contributed by atoms with van der Waals surface area (Å²) in [5.41, 5.74) is 1.43. The number of carbonyl (C=O) groups is 3. The molecule has 1 aromatic rings. The van der Waals surface area contributed by atoms with Gasteiger partial charge in [-0.1, -0.05) is 18.2 Å². The van der Waals surface area contributed by atoms with Gasteiger partial charge in [-0.05, 0) is 18.6 Å². The van der Waals surface area contributed by atoms with Gasteiger partial charge in [0.25, 0.3) is 5.91 Å². The molecule has 0 bridgehead atoms. The molecule has 3 atom stereocenters. The highest BCUT2D eigenvalue weighted by atomic mass is 16.4. The Labute approximate surface area is 133 Å². The molecule has 0 radical (unpaired) electrons. The molecule has 0 saturated carbocycles. The topological polar surface area (TPSA) is 98.2 Å². The second-order valence-electron chi connectivity index (χ2n) is 6.00. The number of benzene rings is 1. The van der Waals surface area contributed by atoms with Gasteiger partial charge in [-0.3, -0.25) is 9.59 Å². The lowest BCUT2D eigenvalue weighted by atomic mass is 10.1. The fraction of sp³-hybridized carbons (Fsp3) is 0.438. The molecule has 1 aromatic carbocycles. The van der Waals surface area contributed by atoms with E-state index in [1.807, 2.05) is 12.1 Å². The van der Waals surface area contributed by atoms with Crippen molar-refractivity contribution in [3.63, 3.8) is 0 Å². The molecule has 1 fully saturated rings. The molecule has 0 aromatic heterocycles. The first-order chi connectivity index (χ1) is 10.9. The smallest absolute Gasteiger partial charge is 0.326 e. The number of hydrogen-bond acceptors (Lipinski definition) is 4. The first kappa shape index (κ1) is 15.5. The van der Waals surface area contributed by atoms with Gasteiger partial charge in [0, 0.05) is 25.1 Å². The van der Waals surface area contributed by atoms with Gasteiger partial charge < -0.3 is 20.0 Å². The molecule has 2 aliphatic rings. The summed E-state index contributed by atoms with van der Waals surface area (Å²) >= 11 is 0. The Morgan fingerprint density at radius 2 is 2.00 bits per heavy atom. The van der Waals surface area contributed by atoms with Crippen LogP contribution in [0.25, 0.3) is 0 Å². The molecule has 2 aliphatic heterocycles. The van der Waals surface area contributed by atoms with Crippen LogP contribution in [0.4, 0.5) is 0 Å². The van der Waals surface area contributed by atoms with Gasteiger partial charge >= 0.3 is 5.97 Å². The molecular formula is C16H18N2O5. The van der Waals surface area contributed by atoms with E-state index in [9.17, 15) is 24.6 Å². The van der Waals surface area contributed by atoms with Crippen LogP contribution in [0.1, 0.15) is 29.3 Å². The van der Waals surface area contributed by atoms with Crippen molar-refractivity contribution < 1.29 is 24.6 Å². The third-order valence-electron chi connectivity index (χ3n) is 4.52. The minimum atomic E-state index is -1.14. The monoisotopic (exact) mass is 318 g/mol. The highest BCUT2D eigenvalue weighted by molar-refractivity contribution is 6.01. The summed E-state index contributed by atoms with van der Waals surface area (Å²) in [6.45, 7) is 1.90. The van der Waals surface area contributed by atoms with Crippen molar-refractivity contribution in [3.8, 4) is 0 Å². The summed E-state index contributed by atoms with van der Waals surface area (Å²) in [7, 11) is 0. The van der Waals surface area contributed by atoms with E-state index in [1.165, 1.54) is 4.90 Å². The largest absolute Gasteiger partial charge is 0.480 e. The number of carbonyl (C=O) groups excluding carboxylic acids is 2. The standard InChI is InChI=1S/C16H18N2O5/c1-9(14(20)18-8-11(19)6-13(18)16(22)23)17-7-10-4-2-3-5-12(10)15(17)21/h2-5,9,11,13,19H,6-8H2,1H3,(H,22,23)/t9-,11+,13-/m0/s1. The summed E-state index contributed by atoms with van der Waals surface area (Å²) in [4.78, 5) is 38.9. The molecule has 0 aliphatic carbocycles. The highest BCUT2D eigenvalue weighted by Gasteiger charge is 2.43. The molecule has 2 N–H and O–H groups in total. The van der Waals surface area contributed by atoms with E-state index >= 15 is 0 Å². The first-order valence-electron chi connectivity index (χ1n) is 7.50. The maximum absolute atomic E-state index is 12.6. The molecule has 2 amide bonds. The van der Waals surface area contributed by atoms with Crippen LogP contribution in [0.5, 0.6) is 0 Å². The molecule has 23 heavy (non-hydrogen) atoms. The van der Waals surface area contributed by atoms with E-state index in [0.29, 0.717) is 12.1 Å². The summed E-state index contributed by atoms with van der Waals surface area (Å²) in [6.07, 6.45) is -0.833. The van der Waals surface area contributed by atoms with Crippen LogP contribution in [0.2, 0.25) is 0 Å². The Bertz CT molecular complexity index is 674. The number of nitrogens with zero attached hydrogens (tertiary/aromatic N) is 2. The maximum Gasteiger partial charge on any atom is 0.326 e. The van der Waals surface area contributed by atoms with E-state index in [1.54, 1.807) is 19.1 Å². The number of aliphatic carboxylic acids is 1. The van der Waals surface area contributed by atoms with Crippen molar-refractivity contribution in [2.75, 3.05) is 6.54 Å². The zero-order valence-electron chi connectivity index (χ0n) is 12.7. The number of amides is 2. The lowest BCUT2D eigenvalue weighted by Gasteiger charge is -2.29. The predicted molar refractivity (Wildman–Crippen MR) is 79.5 cm³/mol. The van der Waals surface area contributed by atoms with Gasteiger partial charge in [0.1, 0.15) is 12.1 Å². The predicted octanol–water partition coefficient (Wildman–Crippen LogP) is 0.0773. The average molecular weight is 318 g/mol. The number of likely N-dealkylation sites (tertiary alicyclic amines) is 1. The number of hydrogen-bond donors (Lipinski definition) is 2. The van der Waals surface area contributed by atoms with Crippen molar-refractivity contribution in [1.82, 2.24) is 9.80 Å². The SMILES string of the molecule is C[C@@H](C(=O)N1C[C@H](O)C[C@H]1C(=O)O)N1Cc2ccccc2C1=O. The van der Waals surface area contributed by atoms with Crippen molar-refractivity contribution in [2.45, 2.75) is 38.1 Å². The Balaban J connectivity index is 1.79. The fourth-order valence-corrected chi connectivity index (χ4v) is 3.25. The lowest BCUT2D eigenvalue weighted by molar-refractivity contribution is -0.149. The summed E-state index contributed by atoms with van der Waals surface area (Å²) in [6, 6.07) is 5.34. The molecule has 0 unspecified atom stereocenters. The number of rotatable bonds is 3. The van der Waals surface area contributed by atoms with Crippen LogP contribution in [-0.2, 0) is 16.1 Å². The summed E-state index contributed by atoms with van der Waals surface area (Å²) in [5, 5.41) is 18.9. The van der Waals surface area contributed by atoms with Crippen LogP contribution < -0.4 is 0 Å². The van der Waals surface area contributed by atoms with Gasteiger partial charge in [0.2, 0.25) is 5.91 Å². The van der Waals surface area contributed by atoms with Crippen LogP contribution in [0.3, 0.4) is 0 Å². The molecule has 7 nitrogen and oxygen atoms in total. The van der Waals surface area contributed by atoms with E-state index in [2.05, 4.69) is 0 Å². The molecule has 2 heterocycles. The number of aliphatic hydroxyl groups is 1. The summed E-state index contributed by atoms with van der Waals surface area (Å²) in [5.74, 6) is -1.82. The van der Waals surface area contributed by atoms with Gasteiger partial charge in [0.15, 0.2) is 0 Å². The third-order valence-corrected chi connectivity index (χ3v) is 4.52. The van der Waals surface area contributed by atoms with Crippen molar-refractivity contribution >= 4 is 17.8 Å². The van der Waals surface area contributed by atoms with Crippen LogP contribution in [0, 0.1) is 0 Å². The van der Waals surface area contributed by atoms with Crippen LogP contribution in [-0.4, -0.2) is 62.5 Å². The first-order valence-corrected chi connectivity index (χ1v) is 7.50. The quantitative estimate of drug-likeness (QED) is 0.822. The second-order valence-corrected chi connectivity index (χ2v) is 6.00. The van der Waals surface area contributed by atoms with Crippen molar-refractivity contribution in [2.24, 2.45) is 0 Å². The van der Waals surface area contributed by atoms with Gasteiger partial charge in [-0.25, -0.2) is 4.79 Å². The minimum absolute atomic E-state index is 0.0158. The number of fused-ring (bicyclic) bond motifs is 1. The molecule has 3 rings (SSSR count). The van der Waals surface area contributed by atoms with E-state index in [-0.39, 0.29) is 18.9 Å². The molecule has 1 saturated heterocycles. The Kier molecular flexibility index (Phi) is 3.81. The Morgan fingerprint density at radius 3 is 2.65 bits per heavy atom. The van der Waals surface area contributed by atoms with Gasteiger partial charge in [-0.15, -0.1) is 0 Å².